The lowest BCUT2D eigenvalue weighted by atomic mass is 10.1. The third kappa shape index (κ3) is 3.34. The average Bonchev–Trinajstić information content (AvgIpc) is 2.20. The number of hydrogen-bond donors (Lipinski definition) is 3. The zero-order chi connectivity index (χ0) is 11.3. The predicted molar refractivity (Wildman–Crippen MR) is 63.0 cm³/mol. The molecule has 0 unspecified atom stereocenters. The van der Waals surface area contributed by atoms with Gasteiger partial charge in [-0.05, 0) is 36.8 Å². The van der Waals surface area contributed by atoms with E-state index in [4.69, 9.17) is 11.5 Å². The van der Waals surface area contributed by atoms with Crippen molar-refractivity contribution in [3.05, 3.63) is 29.8 Å². The van der Waals surface area contributed by atoms with Gasteiger partial charge in [-0.15, -0.1) is 0 Å². The van der Waals surface area contributed by atoms with Crippen molar-refractivity contribution in [3.63, 3.8) is 0 Å². The Hall–Kier alpha value is -1.97. The average molecular weight is 205 g/mol. The summed E-state index contributed by atoms with van der Waals surface area (Å²) in [4.78, 5) is 11.1. The maximum Gasteiger partial charge on any atom is 0.243 e. The molecule has 0 radical (unpaired) electrons. The molecule has 15 heavy (non-hydrogen) atoms. The highest BCUT2D eigenvalue weighted by Crippen LogP contribution is 2.16. The van der Waals surface area contributed by atoms with Crippen LogP contribution in [0.25, 0.3) is 6.08 Å². The van der Waals surface area contributed by atoms with Gasteiger partial charge in [-0.25, -0.2) is 0 Å². The predicted octanol–water partition coefficient (Wildman–Crippen LogP) is 1.00. The van der Waals surface area contributed by atoms with Gasteiger partial charge in [0.05, 0.1) is 0 Å². The second-order valence-electron chi connectivity index (χ2n) is 3.12. The Balaban J connectivity index is 2.79. The standard InChI is InChI=1S/C11H15N3O/c1-2-14-11(15)6-3-8-7-9(12)4-5-10(8)13/h3-7H,2,12-13H2,1H3,(H,14,15)/b6-3+. The van der Waals surface area contributed by atoms with Crippen LogP contribution in [-0.4, -0.2) is 12.5 Å². The number of carbonyl (C=O) groups excluding carboxylic acids is 1. The summed E-state index contributed by atoms with van der Waals surface area (Å²) in [6, 6.07) is 5.16. The molecule has 0 aliphatic heterocycles. The highest BCUT2D eigenvalue weighted by Gasteiger charge is 1.97. The second kappa shape index (κ2) is 5.05. The minimum Gasteiger partial charge on any atom is -0.399 e. The minimum absolute atomic E-state index is 0.140. The van der Waals surface area contributed by atoms with Crippen LogP contribution in [0.15, 0.2) is 24.3 Å². The molecule has 1 rings (SSSR count). The molecule has 0 saturated carbocycles. The third-order valence-corrected chi connectivity index (χ3v) is 1.88. The fraction of sp³-hybridized carbons (Fsp3) is 0.182. The van der Waals surface area contributed by atoms with E-state index in [2.05, 4.69) is 5.32 Å². The summed E-state index contributed by atoms with van der Waals surface area (Å²) in [5, 5.41) is 2.65. The summed E-state index contributed by atoms with van der Waals surface area (Å²) in [5.74, 6) is -0.140. The molecule has 0 saturated heterocycles. The molecule has 1 aromatic carbocycles. The van der Waals surface area contributed by atoms with E-state index in [0.29, 0.717) is 17.9 Å². The van der Waals surface area contributed by atoms with Crippen LogP contribution in [0.5, 0.6) is 0 Å². The number of hydrogen-bond acceptors (Lipinski definition) is 3. The maximum absolute atomic E-state index is 11.1. The summed E-state index contributed by atoms with van der Waals surface area (Å²) < 4.78 is 0. The van der Waals surface area contributed by atoms with Crippen molar-refractivity contribution < 1.29 is 4.79 Å². The Morgan fingerprint density at radius 3 is 2.87 bits per heavy atom. The summed E-state index contributed by atoms with van der Waals surface area (Å²) in [5.41, 5.74) is 13.3. The highest BCUT2D eigenvalue weighted by atomic mass is 16.1. The number of benzene rings is 1. The molecular weight excluding hydrogens is 190 g/mol. The van der Waals surface area contributed by atoms with Gasteiger partial charge in [0, 0.05) is 24.0 Å². The van der Waals surface area contributed by atoms with E-state index in [1.165, 1.54) is 6.08 Å². The molecule has 0 spiro atoms. The fourth-order valence-electron chi connectivity index (χ4n) is 1.14. The first kappa shape index (κ1) is 11.1. The van der Waals surface area contributed by atoms with Gasteiger partial charge in [-0.1, -0.05) is 0 Å². The van der Waals surface area contributed by atoms with Crippen molar-refractivity contribution in [1.82, 2.24) is 5.32 Å². The molecule has 0 aliphatic rings. The van der Waals surface area contributed by atoms with E-state index in [1.54, 1.807) is 24.3 Å². The van der Waals surface area contributed by atoms with Crippen molar-refractivity contribution >= 4 is 23.4 Å². The molecule has 1 aromatic rings. The molecular formula is C11H15N3O. The number of carbonyl (C=O) groups is 1. The van der Waals surface area contributed by atoms with E-state index >= 15 is 0 Å². The van der Waals surface area contributed by atoms with Crippen LogP contribution >= 0.6 is 0 Å². The number of nitrogen functional groups attached to an aromatic ring is 2. The molecule has 4 nitrogen and oxygen atoms in total. The first-order valence-corrected chi connectivity index (χ1v) is 4.74. The number of anilines is 2. The van der Waals surface area contributed by atoms with Gasteiger partial charge in [0.25, 0.3) is 0 Å². The lowest BCUT2D eigenvalue weighted by molar-refractivity contribution is -0.116. The van der Waals surface area contributed by atoms with E-state index < -0.39 is 0 Å². The van der Waals surface area contributed by atoms with Crippen LogP contribution in [0, 0.1) is 0 Å². The van der Waals surface area contributed by atoms with Gasteiger partial charge in [-0.2, -0.15) is 0 Å². The molecule has 1 amide bonds. The van der Waals surface area contributed by atoms with Crippen molar-refractivity contribution in [2.45, 2.75) is 6.92 Å². The van der Waals surface area contributed by atoms with Crippen molar-refractivity contribution in [3.8, 4) is 0 Å². The van der Waals surface area contributed by atoms with Gasteiger partial charge < -0.3 is 16.8 Å². The molecule has 0 fully saturated rings. The molecule has 4 heteroatoms. The molecule has 0 aliphatic carbocycles. The first-order valence-electron chi connectivity index (χ1n) is 4.74. The lowest BCUT2D eigenvalue weighted by Crippen LogP contribution is -2.19. The maximum atomic E-state index is 11.1. The van der Waals surface area contributed by atoms with Gasteiger partial charge in [0.1, 0.15) is 0 Å². The largest absolute Gasteiger partial charge is 0.399 e. The van der Waals surface area contributed by atoms with Crippen molar-refractivity contribution in [1.29, 1.82) is 0 Å². The number of nitrogens with one attached hydrogen (secondary N) is 1. The molecule has 0 atom stereocenters. The molecule has 0 bridgehead atoms. The summed E-state index contributed by atoms with van der Waals surface area (Å²) in [6.07, 6.45) is 3.09. The topological polar surface area (TPSA) is 81.1 Å². The van der Waals surface area contributed by atoms with Gasteiger partial charge in [0.2, 0.25) is 5.91 Å². The van der Waals surface area contributed by atoms with Crippen LogP contribution in [0.2, 0.25) is 0 Å². The number of rotatable bonds is 3. The highest BCUT2D eigenvalue weighted by molar-refractivity contribution is 5.92. The van der Waals surface area contributed by atoms with Crippen LogP contribution in [0.1, 0.15) is 12.5 Å². The lowest BCUT2D eigenvalue weighted by Gasteiger charge is -2.01. The Labute approximate surface area is 89.0 Å². The van der Waals surface area contributed by atoms with Crippen LogP contribution in [0.3, 0.4) is 0 Å². The monoisotopic (exact) mass is 205 g/mol. The first-order chi connectivity index (χ1) is 7.13. The number of likely N-dealkylation sites (N-methyl/N-ethyl adjacent to an activating group) is 1. The van der Waals surface area contributed by atoms with E-state index in [-0.39, 0.29) is 5.91 Å². The summed E-state index contributed by atoms with van der Waals surface area (Å²) in [6.45, 7) is 2.47. The molecule has 80 valence electrons. The van der Waals surface area contributed by atoms with E-state index in [1.807, 2.05) is 6.92 Å². The van der Waals surface area contributed by atoms with E-state index in [0.717, 1.165) is 5.56 Å². The van der Waals surface area contributed by atoms with Gasteiger partial charge >= 0.3 is 0 Å². The zero-order valence-electron chi connectivity index (χ0n) is 8.66. The minimum atomic E-state index is -0.140. The van der Waals surface area contributed by atoms with Crippen molar-refractivity contribution in [2.75, 3.05) is 18.0 Å². The van der Waals surface area contributed by atoms with Crippen molar-refractivity contribution in [2.24, 2.45) is 0 Å². The Morgan fingerprint density at radius 1 is 1.47 bits per heavy atom. The van der Waals surface area contributed by atoms with Crippen LogP contribution < -0.4 is 16.8 Å². The third-order valence-electron chi connectivity index (χ3n) is 1.88. The van der Waals surface area contributed by atoms with Gasteiger partial charge in [0.15, 0.2) is 0 Å². The number of nitrogens with two attached hydrogens (primary N) is 2. The molecule has 0 heterocycles. The van der Waals surface area contributed by atoms with Gasteiger partial charge in [-0.3, -0.25) is 4.79 Å². The number of amides is 1. The Bertz CT molecular complexity index is 385. The smallest absolute Gasteiger partial charge is 0.243 e. The normalized spacial score (nSPS) is 10.5. The van der Waals surface area contributed by atoms with Crippen LogP contribution in [0.4, 0.5) is 11.4 Å². The second-order valence-corrected chi connectivity index (χ2v) is 3.12. The molecule has 5 N–H and O–H groups in total. The quantitative estimate of drug-likeness (QED) is 0.508. The zero-order valence-corrected chi connectivity index (χ0v) is 8.66. The van der Waals surface area contributed by atoms with Crippen LogP contribution in [-0.2, 0) is 4.79 Å². The fourth-order valence-corrected chi connectivity index (χ4v) is 1.14. The van der Waals surface area contributed by atoms with E-state index in [9.17, 15) is 4.79 Å². The Morgan fingerprint density at radius 2 is 2.20 bits per heavy atom. The SMILES string of the molecule is CCNC(=O)/C=C/c1cc(N)ccc1N. The summed E-state index contributed by atoms with van der Waals surface area (Å²) >= 11 is 0. The summed E-state index contributed by atoms with van der Waals surface area (Å²) in [7, 11) is 0. The Kier molecular flexibility index (Phi) is 3.74. The molecule has 0 aromatic heterocycles.